The molecule has 0 atom stereocenters. The van der Waals surface area contributed by atoms with E-state index in [2.05, 4.69) is 10.3 Å². The summed E-state index contributed by atoms with van der Waals surface area (Å²) in [4.78, 5) is 41.7. The number of fused-ring (bicyclic) bond motifs is 1. The summed E-state index contributed by atoms with van der Waals surface area (Å²) >= 11 is 0. The highest BCUT2D eigenvalue weighted by Crippen LogP contribution is 2.29. The van der Waals surface area contributed by atoms with Gasteiger partial charge in [0.25, 0.3) is 11.5 Å². The number of H-pyrrole nitrogens is 1. The number of aromatic amines is 1. The van der Waals surface area contributed by atoms with Crippen LogP contribution in [-0.4, -0.2) is 41.7 Å². The Kier molecular flexibility index (Phi) is 6.14. The maximum atomic E-state index is 13.3. The number of aryl methyl sites for hydroxylation is 1. The van der Waals surface area contributed by atoms with Gasteiger partial charge in [0.2, 0.25) is 5.91 Å². The highest BCUT2D eigenvalue weighted by Gasteiger charge is 2.28. The standard InChI is InChI=1S/C24H27N3O5/c1-14-12-20(31-3)18(22(28)26-14)13-25-23(29)21-15(2)27(19-7-5-4-6-17(19)21)24(30)16-8-10-32-11-9-16/h4-7,12,16H,8-11,13H2,1-3H3,(H,25,29)(H,26,28). The normalized spacial score (nSPS) is 14.5. The third-order valence-corrected chi connectivity index (χ3v) is 6.00. The first-order valence-corrected chi connectivity index (χ1v) is 10.7. The molecule has 2 aromatic heterocycles. The highest BCUT2D eigenvalue weighted by atomic mass is 16.5. The second-order valence-corrected chi connectivity index (χ2v) is 8.05. The first-order valence-electron chi connectivity index (χ1n) is 10.7. The molecule has 1 aliphatic heterocycles. The number of rotatable bonds is 5. The Balaban J connectivity index is 1.68. The molecule has 3 heterocycles. The minimum absolute atomic E-state index is 0.00444. The zero-order chi connectivity index (χ0) is 22.8. The lowest BCUT2D eigenvalue weighted by Crippen LogP contribution is -2.30. The second-order valence-electron chi connectivity index (χ2n) is 8.05. The molecule has 32 heavy (non-hydrogen) atoms. The van der Waals surface area contributed by atoms with Crippen molar-refractivity contribution < 1.29 is 19.1 Å². The summed E-state index contributed by atoms with van der Waals surface area (Å²) in [5, 5.41) is 3.53. The van der Waals surface area contributed by atoms with Gasteiger partial charge in [-0.2, -0.15) is 0 Å². The van der Waals surface area contributed by atoms with Crippen LogP contribution < -0.4 is 15.6 Å². The number of para-hydroxylation sites is 1. The molecule has 0 unspecified atom stereocenters. The van der Waals surface area contributed by atoms with Crippen molar-refractivity contribution in [3.8, 4) is 5.75 Å². The summed E-state index contributed by atoms with van der Waals surface area (Å²) in [6.07, 6.45) is 1.34. The Hall–Kier alpha value is -3.39. The minimum Gasteiger partial charge on any atom is -0.496 e. The van der Waals surface area contributed by atoms with Gasteiger partial charge in [0, 0.05) is 35.9 Å². The molecule has 8 nitrogen and oxygen atoms in total. The zero-order valence-electron chi connectivity index (χ0n) is 18.5. The van der Waals surface area contributed by atoms with Crippen LogP contribution in [0.1, 0.15) is 44.9 Å². The molecule has 0 aliphatic carbocycles. The summed E-state index contributed by atoms with van der Waals surface area (Å²) in [6, 6.07) is 9.10. The van der Waals surface area contributed by atoms with Crippen LogP contribution in [0.3, 0.4) is 0 Å². The van der Waals surface area contributed by atoms with Gasteiger partial charge in [-0.25, -0.2) is 0 Å². The van der Waals surface area contributed by atoms with Crippen LogP contribution in [0.2, 0.25) is 0 Å². The Bertz CT molecular complexity index is 1230. The predicted molar refractivity (Wildman–Crippen MR) is 120 cm³/mol. The van der Waals surface area contributed by atoms with E-state index in [9.17, 15) is 14.4 Å². The lowest BCUT2D eigenvalue weighted by Gasteiger charge is -2.22. The molecule has 0 bridgehead atoms. The van der Waals surface area contributed by atoms with Crippen molar-refractivity contribution in [2.75, 3.05) is 20.3 Å². The Morgan fingerprint density at radius 3 is 2.66 bits per heavy atom. The van der Waals surface area contributed by atoms with Gasteiger partial charge in [0.15, 0.2) is 0 Å². The van der Waals surface area contributed by atoms with E-state index in [4.69, 9.17) is 9.47 Å². The first kappa shape index (κ1) is 21.8. The maximum absolute atomic E-state index is 13.3. The molecule has 1 aliphatic rings. The number of ether oxygens (including phenoxy) is 2. The van der Waals surface area contributed by atoms with E-state index in [-0.39, 0.29) is 29.8 Å². The summed E-state index contributed by atoms with van der Waals surface area (Å²) < 4.78 is 12.4. The summed E-state index contributed by atoms with van der Waals surface area (Å²) in [6.45, 7) is 4.68. The van der Waals surface area contributed by atoms with Gasteiger partial charge in [-0.1, -0.05) is 18.2 Å². The van der Waals surface area contributed by atoms with Crippen LogP contribution in [-0.2, 0) is 11.3 Å². The molecular formula is C24H27N3O5. The number of nitrogens with zero attached hydrogens (tertiary/aromatic N) is 1. The lowest BCUT2D eigenvalue weighted by atomic mass is 9.99. The molecule has 1 saturated heterocycles. The van der Waals surface area contributed by atoms with E-state index in [1.807, 2.05) is 24.3 Å². The molecule has 0 saturated carbocycles. The van der Waals surface area contributed by atoms with Gasteiger partial charge in [-0.3, -0.25) is 19.0 Å². The Morgan fingerprint density at radius 1 is 1.22 bits per heavy atom. The summed E-state index contributed by atoms with van der Waals surface area (Å²) in [7, 11) is 1.49. The molecule has 8 heteroatoms. The van der Waals surface area contributed by atoms with Gasteiger partial charge >= 0.3 is 0 Å². The van der Waals surface area contributed by atoms with E-state index >= 15 is 0 Å². The van der Waals surface area contributed by atoms with Gasteiger partial charge < -0.3 is 19.8 Å². The molecule has 168 valence electrons. The smallest absolute Gasteiger partial charge is 0.256 e. The van der Waals surface area contributed by atoms with Gasteiger partial charge in [0.05, 0.1) is 30.3 Å². The highest BCUT2D eigenvalue weighted by molar-refractivity contribution is 6.11. The second kappa shape index (κ2) is 9.00. The first-order chi connectivity index (χ1) is 15.4. The molecular weight excluding hydrogens is 410 g/mol. The van der Waals surface area contributed by atoms with Crippen LogP contribution in [0.25, 0.3) is 10.9 Å². The largest absolute Gasteiger partial charge is 0.496 e. The monoisotopic (exact) mass is 437 g/mol. The zero-order valence-corrected chi connectivity index (χ0v) is 18.5. The summed E-state index contributed by atoms with van der Waals surface area (Å²) in [5.41, 5.74) is 2.43. The van der Waals surface area contributed by atoms with Crippen LogP contribution in [0.4, 0.5) is 0 Å². The van der Waals surface area contributed by atoms with Crippen molar-refractivity contribution in [2.45, 2.75) is 33.2 Å². The number of amides is 1. The van der Waals surface area contributed by atoms with Crippen LogP contribution in [0, 0.1) is 19.8 Å². The predicted octanol–water partition coefficient (Wildman–Crippen LogP) is 2.95. The van der Waals surface area contributed by atoms with E-state index < -0.39 is 0 Å². The number of pyridine rings is 1. The number of nitrogens with one attached hydrogen (secondary N) is 2. The molecule has 1 aromatic carbocycles. The fraction of sp³-hybridized carbons (Fsp3) is 0.375. The average molecular weight is 437 g/mol. The fourth-order valence-electron chi connectivity index (χ4n) is 4.36. The number of hydrogen-bond acceptors (Lipinski definition) is 5. The van der Waals surface area contributed by atoms with E-state index in [1.165, 1.54) is 7.11 Å². The fourth-order valence-corrected chi connectivity index (χ4v) is 4.36. The Labute approximate surface area is 185 Å². The number of aromatic nitrogens is 2. The molecule has 0 radical (unpaired) electrons. The van der Waals surface area contributed by atoms with Crippen molar-refractivity contribution in [3.05, 3.63) is 63.2 Å². The van der Waals surface area contributed by atoms with E-state index in [1.54, 1.807) is 24.5 Å². The molecule has 1 fully saturated rings. The van der Waals surface area contributed by atoms with E-state index in [0.717, 1.165) is 0 Å². The molecule has 0 spiro atoms. The Morgan fingerprint density at radius 2 is 1.94 bits per heavy atom. The maximum Gasteiger partial charge on any atom is 0.256 e. The number of hydrogen-bond donors (Lipinski definition) is 2. The van der Waals surface area contributed by atoms with Crippen LogP contribution >= 0.6 is 0 Å². The minimum atomic E-state index is -0.348. The lowest BCUT2D eigenvalue weighted by molar-refractivity contribution is 0.0489. The van der Waals surface area contributed by atoms with Gasteiger partial charge in [-0.05, 0) is 38.8 Å². The third-order valence-electron chi connectivity index (χ3n) is 6.00. The van der Waals surface area contributed by atoms with Crippen molar-refractivity contribution in [3.63, 3.8) is 0 Å². The number of methoxy groups -OCH3 is 1. The number of carbonyl (C=O) groups is 2. The average Bonchev–Trinajstić information content (AvgIpc) is 3.09. The van der Waals surface area contributed by atoms with Crippen LogP contribution in [0.15, 0.2) is 35.1 Å². The van der Waals surface area contributed by atoms with Crippen molar-refractivity contribution in [2.24, 2.45) is 5.92 Å². The number of benzene rings is 1. The molecule has 2 N–H and O–H groups in total. The number of carbonyl (C=O) groups excluding carboxylic acids is 2. The van der Waals surface area contributed by atoms with Gasteiger partial charge in [0.1, 0.15) is 5.75 Å². The van der Waals surface area contributed by atoms with Crippen LogP contribution in [0.5, 0.6) is 5.75 Å². The van der Waals surface area contributed by atoms with Crippen molar-refractivity contribution in [1.82, 2.24) is 14.9 Å². The summed E-state index contributed by atoms with van der Waals surface area (Å²) in [5.74, 6) is -0.0816. The topological polar surface area (TPSA) is 102 Å². The van der Waals surface area contributed by atoms with Crippen molar-refractivity contribution >= 4 is 22.7 Å². The van der Waals surface area contributed by atoms with Gasteiger partial charge in [-0.15, -0.1) is 0 Å². The van der Waals surface area contributed by atoms with Crippen molar-refractivity contribution in [1.29, 1.82) is 0 Å². The molecule has 1 amide bonds. The quantitative estimate of drug-likeness (QED) is 0.639. The SMILES string of the molecule is COc1cc(C)[nH]c(=O)c1CNC(=O)c1c(C)n(C(=O)C2CCOCC2)c2ccccc12. The molecule has 4 rings (SSSR count). The molecule has 3 aromatic rings. The van der Waals surface area contributed by atoms with E-state index in [0.29, 0.717) is 65.2 Å². The third kappa shape index (κ3) is 3.93.